The number of benzene rings is 1. The standard InChI is InChI=1S/C25H25N5OS2/c1-2-12-30-23(19-13-18(19)16-8-4-3-5-9-16)28-29-25(30)32-15-22(31)27-24-20(14-26)17-10-6-7-11-21(17)33-24/h2-5,8-9,18-19H,1,6-7,10-13,15H2,(H,27,31). The molecule has 2 aromatic heterocycles. The molecule has 0 radical (unpaired) electrons. The molecule has 1 amide bonds. The fourth-order valence-corrected chi connectivity index (χ4v) is 6.61. The maximum absolute atomic E-state index is 12.7. The Balaban J connectivity index is 1.26. The molecule has 1 aromatic carbocycles. The predicted molar refractivity (Wildman–Crippen MR) is 132 cm³/mol. The number of allylic oxidation sites excluding steroid dienone is 1. The Morgan fingerprint density at radius 1 is 1.27 bits per heavy atom. The minimum absolute atomic E-state index is 0.126. The molecule has 1 fully saturated rings. The topological polar surface area (TPSA) is 83.6 Å². The van der Waals surface area contributed by atoms with Crippen LogP contribution in [0, 0.1) is 11.3 Å². The number of amides is 1. The van der Waals surface area contributed by atoms with Gasteiger partial charge in [0.15, 0.2) is 5.16 Å². The third kappa shape index (κ3) is 4.48. The van der Waals surface area contributed by atoms with Crippen molar-refractivity contribution < 1.29 is 4.79 Å². The minimum Gasteiger partial charge on any atom is -0.316 e. The second-order valence-electron chi connectivity index (χ2n) is 8.46. The van der Waals surface area contributed by atoms with Crippen molar-refractivity contribution in [1.82, 2.24) is 14.8 Å². The normalized spacial score (nSPS) is 18.9. The number of hydrogen-bond acceptors (Lipinski definition) is 6. The fourth-order valence-electron chi connectivity index (χ4n) is 4.60. The number of carbonyl (C=O) groups is 1. The molecule has 168 valence electrons. The van der Waals surface area contributed by atoms with Crippen molar-refractivity contribution in [2.75, 3.05) is 11.1 Å². The van der Waals surface area contributed by atoms with E-state index < -0.39 is 0 Å². The van der Waals surface area contributed by atoms with E-state index in [0.29, 0.717) is 28.9 Å². The summed E-state index contributed by atoms with van der Waals surface area (Å²) < 4.78 is 2.07. The number of nitrogens with one attached hydrogen (secondary N) is 1. The Bertz CT molecular complexity index is 1220. The van der Waals surface area contributed by atoms with E-state index in [2.05, 4.69) is 57.0 Å². The number of anilines is 1. The summed E-state index contributed by atoms with van der Waals surface area (Å²) in [7, 11) is 0. The average molecular weight is 476 g/mol. The minimum atomic E-state index is -0.126. The van der Waals surface area contributed by atoms with Crippen molar-refractivity contribution in [3.8, 4) is 6.07 Å². The monoisotopic (exact) mass is 475 g/mol. The molecular weight excluding hydrogens is 450 g/mol. The highest BCUT2D eigenvalue weighted by molar-refractivity contribution is 7.99. The first-order valence-electron chi connectivity index (χ1n) is 11.3. The molecule has 5 rings (SSSR count). The molecule has 2 aliphatic rings. The highest BCUT2D eigenvalue weighted by Gasteiger charge is 2.43. The second-order valence-corrected chi connectivity index (χ2v) is 10.5. The van der Waals surface area contributed by atoms with Gasteiger partial charge < -0.3 is 9.88 Å². The number of aryl methyl sites for hydroxylation is 1. The van der Waals surface area contributed by atoms with E-state index in [1.54, 1.807) is 11.3 Å². The molecule has 0 saturated heterocycles. The van der Waals surface area contributed by atoms with Gasteiger partial charge in [-0.05, 0) is 49.1 Å². The van der Waals surface area contributed by atoms with Crippen LogP contribution in [0.15, 0.2) is 48.1 Å². The van der Waals surface area contributed by atoms with Gasteiger partial charge in [0.25, 0.3) is 0 Å². The van der Waals surface area contributed by atoms with Crippen LogP contribution in [0.2, 0.25) is 0 Å². The zero-order valence-electron chi connectivity index (χ0n) is 18.3. The van der Waals surface area contributed by atoms with Crippen LogP contribution in [-0.2, 0) is 24.2 Å². The van der Waals surface area contributed by atoms with Crippen LogP contribution in [0.4, 0.5) is 5.00 Å². The lowest BCUT2D eigenvalue weighted by molar-refractivity contribution is -0.113. The summed E-state index contributed by atoms with van der Waals surface area (Å²) in [6, 6.07) is 12.8. The number of thiophene rings is 1. The number of rotatable bonds is 8. The summed E-state index contributed by atoms with van der Waals surface area (Å²) >= 11 is 2.93. The van der Waals surface area contributed by atoms with Crippen molar-refractivity contribution in [3.05, 3.63) is 70.4 Å². The molecule has 8 heteroatoms. The van der Waals surface area contributed by atoms with Crippen LogP contribution < -0.4 is 5.32 Å². The van der Waals surface area contributed by atoms with Crippen molar-refractivity contribution in [2.45, 2.75) is 55.6 Å². The molecule has 0 spiro atoms. The van der Waals surface area contributed by atoms with Gasteiger partial charge in [0, 0.05) is 17.3 Å². The Labute approximate surface area is 201 Å². The molecule has 0 aliphatic heterocycles. The highest BCUT2D eigenvalue weighted by atomic mass is 32.2. The molecule has 33 heavy (non-hydrogen) atoms. The van der Waals surface area contributed by atoms with Crippen LogP contribution in [0.1, 0.15) is 58.5 Å². The first kappa shape index (κ1) is 21.9. The lowest BCUT2D eigenvalue weighted by atomic mass is 9.96. The highest BCUT2D eigenvalue weighted by Crippen LogP contribution is 2.54. The predicted octanol–water partition coefficient (Wildman–Crippen LogP) is 5.28. The summed E-state index contributed by atoms with van der Waals surface area (Å²) in [5, 5.41) is 22.9. The molecule has 2 atom stereocenters. The zero-order chi connectivity index (χ0) is 22.8. The van der Waals surface area contributed by atoms with Crippen molar-refractivity contribution in [3.63, 3.8) is 0 Å². The summed E-state index contributed by atoms with van der Waals surface area (Å²) in [6.07, 6.45) is 7.08. The van der Waals surface area contributed by atoms with Gasteiger partial charge in [0.05, 0.1) is 11.3 Å². The molecule has 1 saturated carbocycles. The van der Waals surface area contributed by atoms with E-state index in [9.17, 15) is 10.1 Å². The van der Waals surface area contributed by atoms with Crippen molar-refractivity contribution in [2.24, 2.45) is 0 Å². The molecule has 2 heterocycles. The summed E-state index contributed by atoms with van der Waals surface area (Å²) in [5.41, 5.74) is 3.10. The van der Waals surface area contributed by atoms with E-state index in [0.717, 1.165) is 48.6 Å². The van der Waals surface area contributed by atoms with Crippen molar-refractivity contribution in [1.29, 1.82) is 5.26 Å². The van der Waals surface area contributed by atoms with Crippen LogP contribution in [-0.4, -0.2) is 26.4 Å². The lowest BCUT2D eigenvalue weighted by Crippen LogP contribution is -2.15. The molecule has 2 aliphatic carbocycles. The van der Waals surface area contributed by atoms with Crippen LogP contribution in [0.25, 0.3) is 0 Å². The number of nitrogens with zero attached hydrogens (tertiary/aromatic N) is 4. The maximum atomic E-state index is 12.7. The molecular formula is C25H25N5OS2. The van der Waals surface area contributed by atoms with E-state index in [-0.39, 0.29) is 11.7 Å². The van der Waals surface area contributed by atoms with Gasteiger partial charge in [0.2, 0.25) is 5.91 Å². The van der Waals surface area contributed by atoms with Crippen LogP contribution >= 0.6 is 23.1 Å². The van der Waals surface area contributed by atoms with Gasteiger partial charge in [0.1, 0.15) is 16.9 Å². The van der Waals surface area contributed by atoms with Gasteiger partial charge in [-0.3, -0.25) is 4.79 Å². The van der Waals surface area contributed by atoms with Crippen LogP contribution in [0.5, 0.6) is 0 Å². The molecule has 0 bridgehead atoms. The molecule has 6 nitrogen and oxygen atoms in total. The van der Waals surface area contributed by atoms with Gasteiger partial charge in [-0.2, -0.15) is 5.26 Å². The lowest BCUT2D eigenvalue weighted by Gasteiger charge is -2.09. The summed E-state index contributed by atoms with van der Waals surface area (Å²) in [6.45, 7) is 4.49. The molecule has 1 N–H and O–H groups in total. The third-order valence-electron chi connectivity index (χ3n) is 6.28. The Hall–Kier alpha value is -2.89. The quantitative estimate of drug-likeness (QED) is 0.354. The number of fused-ring (bicyclic) bond motifs is 1. The summed E-state index contributed by atoms with van der Waals surface area (Å²) in [5.74, 6) is 1.87. The molecule has 3 aromatic rings. The van der Waals surface area contributed by atoms with Gasteiger partial charge in [-0.15, -0.1) is 28.1 Å². The van der Waals surface area contributed by atoms with Gasteiger partial charge >= 0.3 is 0 Å². The zero-order valence-corrected chi connectivity index (χ0v) is 19.9. The Morgan fingerprint density at radius 3 is 2.88 bits per heavy atom. The Kier molecular flexibility index (Phi) is 6.34. The third-order valence-corrected chi connectivity index (χ3v) is 8.45. The molecule has 2 unspecified atom stereocenters. The fraction of sp³-hybridized carbons (Fsp3) is 0.360. The Morgan fingerprint density at radius 2 is 2.09 bits per heavy atom. The van der Waals surface area contributed by atoms with E-state index in [4.69, 9.17) is 0 Å². The van der Waals surface area contributed by atoms with Gasteiger partial charge in [-0.25, -0.2) is 0 Å². The number of thioether (sulfide) groups is 1. The average Bonchev–Trinajstić information content (AvgIpc) is 3.41. The smallest absolute Gasteiger partial charge is 0.235 e. The number of aromatic nitrogens is 3. The second kappa shape index (κ2) is 9.54. The van der Waals surface area contributed by atoms with Gasteiger partial charge in [-0.1, -0.05) is 48.2 Å². The van der Waals surface area contributed by atoms with E-state index in [1.165, 1.54) is 22.2 Å². The number of hydrogen-bond donors (Lipinski definition) is 1. The van der Waals surface area contributed by atoms with Crippen LogP contribution in [0.3, 0.4) is 0 Å². The largest absolute Gasteiger partial charge is 0.316 e. The van der Waals surface area contributed by atoms with Crippen molar-refractivity contribution >= 4 is 34.0 Å². The van der Waals surface area contributed by atoms with E-state index in [1.807, 2.05) is 12.1 Å². The van der Waals surface area contributed by atoms with E-state index >= 15 is 0 Å². The first-order chi connectivity index (χ1) is 16.2. The summed E-state index contributed by atoms with van der Waals surface area (Å²) in [4.78, 5) is 14.0. The number of carbonyl (C=O) groups excluding carboxylic acids is 1. The maximum Gasteiger partial charge on any atom is 0.235 e. The number of nitriles is 1. The SMILES string of the molecule is C=CCn1c(SCC(=O)Nc2sc3c(c2C#N)CCCC3)nnc1C1CC1c1ccccc1. The first-order valence-corrected chi connectivity index (χ1v) is 13.1.